The van der Waals surface area contributed by atoms with Crippen molar-refractivity contribution in [2.75, 3.05) is 13.2 Å². The van der Waals surface area contributed by atoms with Crippen LogP contribution in [0.4, 0.5) is 8.78 Å². The van der Waals surface area contributed by atoms with E-state index in [-0.39, 0.29) is 18.7 Å². The minimum absolute atomic E-state index is 0.149. The monoisotopic (exact) mass is 389 g/mol. The van der Waals surface area contributed by atoms with Crippen molar-refractivity contribution in [1.29, 1.82) is 0 Å². The zero-order valence-corrected chi connectivity index (χ0v) is 14.4. The van der Waals surface area contributed by atoms with Crippen LogP contribution < -0.4 is 10.1 Å². The van der Waals surface area contributed by atoms with Crippen LogP contribution in [0.2, 0.25) is 5.02 Å². The Kier molecular flexibility index (Phi) is 6.33. The lowest BCUT2D eigenvalue weighted by Gasteiger charge is -2.08. The predicted octanol–water partition coefficient (Wildman–Crippen LogP) is 3.15. The summed E-state index contributed by atoms with van der Waals surface area (Å²) < 4.78 is 52.9. The van der Waals surface area contributed by atoms with Gasteiger partial charge in [-0.25, -0.2) is 8.42 Å². The van der Waals surface area contributed by atoms with Crippen molar-refractivity contribution in [2.24, 2.45) is 0 Å². The Balaban J connectivity index is 1.87. The second-order valence-corrected chi connectivity index (χ2v) is 7.25. The molecular weight excluding hydrogens is 376 g/mol. The van der Waals surface area contributed by atoms with E-state index < -0.39 is 26.4 Å². The molecule has 0 fully saturated rings. The number of carbonyl (C=O) groups excluding carboxylic acids is 1. The van der Waals surface area contributed by atoms with Crippen molar-refractivity contribution in [3.63, 3.8) is 0 Å². The molecule has 0 unspecified atom stereocenters. The van der Waals surface area contributed by atoms with Crippen LogP contribution in [0.3, 0.4) is 0 Å². The molecule has 2 aromatic carbocycles. The van der Waals surface area contributed by atoms with E-state index in [0.717, 1.165) is 12.1 Å². The molecule has 0 spiro atoms. The van der Waals surface area contributed by atoms with E-state index in [1.165, 1.54) is 12.1 Å². The lowest BCUT2D eigenvalue weighted by Crippen LogP contribution is -2.28. The minimum Gasteiger partial charge on any atom is -0.492 e. The smallest absolute Gasteiger partial charge is 0.341 e. The van der Waals surface area contributed by atoms with Crippen LogP contribution >= 0.6 is 11.6 Å². The molecule has 0 heterocycles. The third-order valence-corrected chi connectivity index (χ3v) is 4.77. The zero-order valence-electron chi connectivity index (χ0n) is 12.8. The SMILES string of the molecule is O=C(NCCOc1cccc(Cl)c1)c1ccc(S(=O)(=O)C(F)F)cc1. The summed E-state index contributed by atoms with van der Waals surface area (Å²) >= 11 is 5.81. The van der Waals surface area contributed by atoms with Gasteiger partial charge < -0.3 is 10.1 Å². The molecule has 0 aliphatic heterocycles. The van der Waals surface area contributed by atoms with Crippen LogP contribution in [0, 0.1) is 0 Å². The molecule has 0 saturated heterocycles. The first kappa shape index (κ1) is 19.1. The van der Waals surface area contributed by atoms with Gasteiger partial charge in [0.1, 0.15) is 12.4 Å². The van der Waals surface area contributed by atoms with Crippen LogP contribution in [-0.2, 0) is 9.84 Å². The van der Waals surface area contributed by atoms with E-state index in [4.69, 9.17) is 16.3 Å². The third-order valence-electron chi connectivity index (χ3n) is 3.13. The average molecular weight is 390 g/mol. The van der Waals surface area contributed by atoms with Crippen LogP contribution in [0.5, 0.6) is 5.75 Å². The molecule has 134 valence electrons. The summed E-state index contributed by atoms with van der Waals surface area (Å²) in [6.07, 6.45) is 0. The van der Waals surface area contributed by atoms with Crippen molar-refractivity contribution in [3.05, 3.63) is 59.1 Å². The van der Waals surface area contributed by atoms with Gasteiger partial charge in [0.15, 0.2) is 0 Å². The molecule has 25 heavy (non-hydrogen) atoms. The number of benzene rings is 2. The Labute approximate surface area is 148 Å². The number of carbonyl (C=O) groups is 1. The highest BCUT2D eigenvalue weighted by Crippen LogP contribution is 2.19. The molecule has 9 heteroatoms. The third kappa shape index (κ3) is 5.14. The van der Waals surface area contributed by atoms with Gasteiger partial charge in [0.05, 0.1) is 11.4 Å². The summed E-state index contributed by atoms with van der Waals surface area (Å²) in [5.41, 5.74) is 0.149. The van der Waals surface area contributed by atoms with Gasteiger partial charge in [0.25, 0.3) is 5.91 Å². The summed E-state index contributed by atoms with van der Waals surface area (Å²) in [6.45, 7) is 0.395. The molecule has 0 atom stereocenters. The van der Waals surface area contributed by atoms with Gasteiger partial charge in [0.2, 0.25) is 9.84 Å². The first-order chi connectivity index (χ1) is 11.8. The fraction of sp³-hybridized carbons (Fsp3) is 0.188. The Bertz CT molecular complexity index is 841. The number of halogens is 3. The number of amides is 1. The standard InChI is InChI=1S/C16H14ClF2NO4S/c17-12-2-1-3-13(10-12)24-9-8-20-15(21)11-4-6-14(7-5-11)25(22,23)16(18)19/h1-7,10,16H,8-9H2,(H,20,21). The van der Waals surface area contributed by atoms with Crippen molar-refractivity contribution in [1.82, 2.24) is 5.32 Å². The summed E-state index contributed by atoms with van der Waals surface area (Å²) in [4.78, 5) is 11.4. The highest BCUT2D eigenvalue weighted by Gasteiger charge is 2.26. The number of sulfone groups is 1. The highest BCUT2D eigenvalue weighted by atomic mass is 35.5. The average Bonchev–Trinajstić information content (AvgIpc) is 2.58. The Morgan fingerprint density at radius 1 is 1.16 bits per heavy atom. The molecule has 0 saturated carbocycles. The lowest BCUT2D eigenvalue weighted by atomic mass is 10.2. The van der Waals surface area contributed by atoms with E-state index >= 15 is 0 Å². The topological polar surface area (TPSA) is 72.5 Å². The van der Waals surface area contributed by atoms with Gasteiger partial charge in [-0.1, -0.05) is 17.7 Å². The zero-order chi connectivity index (χ0) is 18.4. The summed E-state index contributed by atoms with van der Waals surface area (Å²) in [5, 5.41) is 3.10. The highest BCUT2D eigenvalue weighted by molar-refractivity contribution is 7.91. The molecule has 1 amide bonds. The molecule has 5 nitrogen and oxygen atoms in total. The van der Waals surface area contributed by atoms with Gasteiger partial charge in [0, 0.05) is 10.6 Å². The minimum atomic E-state index is -4.67. The number of hydrogen-bond acceptors (Lipinski definition) is 4. The van der Waals surface area contributed by atoms with E-state index in [2.05, 4.69) is 5.32 Å². The number of rotatable bonds is 7. The van der Waals surface area contributed by atoms with Gasteiger partial charge in [-0.2, -0.15) is 8.78 Å². The molecule has 2 rings (SSSR count). The van der Waals surface area contributed by atoms with Gasteiger partial charge >= 0.3 is 5.76 Å². The summed E-state index contributed by atoms with van der Waals surface area (Å²) in [7, 11) is -4.67. The molecule has 1 N–H and O–H groups in total. The molecular formula is C16H14ClF2NO4S. The van der Waals surface area contributed by atoms with Crippen molar-refractivity contribution >= 4 is 27.3 Å². The number of alkyl halides is 2. The lowest BCUT2D eigenvalue weighted by molar-refractivity contribution is 0.0947. The van der Waals surface area contributed by atoms with Crippen LogP contribution in [-0.4, -0.2) is 33.2 Å². The van der Waals surface area contributed by atoms with Gasteiger partial charge in [-0.3, -0.25) is 4.79 Å². The summed E-state index contributed by atoms with van der Waals surface area (Å²) in [6, 6.07) is 11.1. The number of ether oxygens (including phenoxy) is 1. The maximum atomic E-state index is 12.4. The van der Waals surface area contributed by atoms with Crippen molar-refractivity contribution in [3.8, 4) is 5.75 Å². The second-order valence-electron chi connectivity index (χ2n) is 4.89. The predicted molar refractivity (Wildman–Crippen MR) is 88.9 cm³/mol. The normalized spacial score (nSPS) is 11.4. The maximum absolute atomic E-state index is 12.4. The fourth-order valence-electron chi connectivity index (χ4n) is 1.89. The Morgan fingerprint density at radius 3 is 2.44 bits per heavy atom. The van der Waals surface area contributed by atoms with Crippen molar-refractivity contribution < 1.29 is 26.7 Å². The molecule has 2 aromatic rings. The second kappa shape index (κ2) is 8.26. The Hall–Kier alpha value is -2.19. The van der Waals surface area contributed by atoms with E-state index in [0.29, 0.717) is 10.8 Å². The van der Waals surface area contributed by atoms with Gasteiger partial charge in [-0.05, 0) is 42.5 Å². The largest absolute Gasteiger partial charge is 0.492 e. The van der Waals surface area contributed by atoms with Crippen LogP contribution in [0.1, 0.15) is 10.4 Å². The van der Waals surface area contributed by atoms with Crippen LogP contribution in [0.25, 0.3) is 0 Å². The molecule has 0 bridgehead atoms. The van der Waals surface area contributed by atoms with E-state index in [1.54, 1.807) is 24.3 Å². The van der Waals surface area contributed by atoms with Crippen molar-refractivity contribution in [2.45, 2.75) is 10.7 Å². The quantitative estimate of drug-likeness (QED) is 0.738. The van der Waals surface area contributed by atoms with Crippen LogP contribution in [0.15, 0.2) is 53.4 Å². The van der Waals surface area contributed by atoms with E-state index in [9.17, 15) is 22.0 Å². The summed E-state index contributed by atoms with van der Waals surface area (Å²) in [5.74, 6) is -3.42. The first-order valence-corrected chi connectivity index (χ1v) is 9.02. The fourth-order valence-corrected chi connectivity index (χ4v) is 2.79. The molecule has 0 aliphatic carbocycles. The Morgan fingerprint density at radius 2 is 1.84 bits per heavy atom. The number of nitrogens with one attached hydrogen (secondary N) is 1. The van der Waals surface area contributed by atoms with E-state index in [1.807, 2.05) is 0 Å². The number of hydrogen-bond donors (Lipinski definition) is 1. The first-order valence-electron chi connectivity index (χ1n) is 7.09. The molecule has 0 radical (unpaired) electrons. The maximum Gasteiger partial charge on any atom is 0.341 e. The van der Waals surface area contributed by atoms with Gasteiger partial charge in [-0.15, -0.1) is 0 Å². The molecule has 0 aromatic heterocycles. The molecule has 0 aliphatic rings.